The van der Waals surface area contributed by atoms with Gasteiger partial charge < -0.3 is 14.4 Å². The molecule has 2 rings (SSSR count). The van der Waals surface area contributed by atoms with E-state index in [4.69, 9.17) is 21.1 Å². The normalized spacial score (nSPS) is 19.3. The Hall–Kier alpha value is -1.36. The molecule has 0 saturated carbocycles. The second-order valence-corrected chi connectivity index (χ2v) is 7.29. The van der Waals surface area contributed by atoms with Gasteiger partial charge in [0.1, 0.15) is 0 Å². The number of nitrogens with zero attached hydrogens (tertiary/aromatic N) is 2. The smallest absolute Gasteiger partial charge is 0.175 e. The summed E-state index contributed by atoms with van der Waals surface area (Å²) in [5.74, 6) is 0. The van der Waals surface area contributed by atoms with E-state index in [-0.39, 0.29) is 17.9 Å². The maximum absolute atomic E-state index is 5.99. The van der Waals surface area contributed by atoms with Crippen LogP contribution in [0.15, 0.2) is 35.3 Å². The maximum Gasteiger partial charge on any atom is 0.175 e. The van der Waals surface area contributed by atoms with Crippen molar-refractivity contribution in [1.82, 2.24) is 4.90 Å². The van der Waals surface area contributed by atoms with Crippen LogP contribution in [-0.2, 0) is 9.47 Å². The van der Waals surface area contributed by atoms with E-state index < -0.39 is 0 Å². The predicted molar refractivity (Wildman–Crippen MR) is 100 cm³/mol. The van der Waals surface area contributed by atoms with Crippen LogP contribution in [0.4, 0.5) is 0 Å². The Morgan fingerprint density at radius 3 is 2.46 bits per heavy atom. The molecule has 0 fully saturated rings. The molecule has 0 bridgehead atoms. The summed E-state index contributed by atoms with van der Waals surface area (Å²) in [6, 6.07) is 7.94. The zero-order chi connectivity index (χ0) is 17.7. The number of ether oxygens (including phenoxy) is 2. The molecule has 4 nitrogen and oxygen atoms in total. The number of rotatable bonds is 6. The zero-order valence-corrected chi connectivity index (χ0v) is 15.9. The molecule has 24 heavy (non-hydrogen) atoms. The summed E-state index contributed by atoms with van der Waals surface area (Å²) in [6.07, 6.45) is 3.73. The van der Waals surface area contributed by atoms with Crippen molar-refractivity contribution in [2.45, 2.75) is 52.6 Å². The number of benzene rings is 1. The molecular weight excluding hydrogens is 324 g/mol. The molecule has 1 aromatic carbocycles. The first-order valence-electron chi connectivity index (χ1n) is 8.35. The summed E-state index contributed by atoms with van der Waals surface area (Å²) in [4.78, 5) is 6.71. The summed E-state index contributed by atoms with van der Waals surface area (Å²) in [7, 11) is 0. The van der Waals surface area contributed by atoms with Crippen LogP contribution in [0.25, 0.3) is 5.70 Å². The maximum atomic E-state index is 5.99. The lowest BCUT2D eigenvalue weighted by atomic mass is 10.1. The van der Waals surface area contributed by atoms with Gasteiger partial charge in [-0.3, -0.25) is 0 Å². The largest absolute Gasteiger partial charge is 0.351 e. The SMILES string of the molecule is CCOC(CN1C=NC(c2ccc(Cl)cc2)=CC1C)OC(C)(C)C. The van der Waals surface area contributed by atoms with E-state index in [0.717, 1.165) is 16.3 Å². The second-order valence-electron chi connectivity index (χ2n) is 6.86. The van der Waals surface area contributed by atoms with Crippen molar-refractivity contribution >= 4 is 23.6 Å². The molecule has 0 N–H and O–H groups in total. The Morgan fingerprint density at radius 1 is 1.25 bits per heavy atom. The third-order valence-electron chi connectivity index (χ3n) is 3.60. The highest BCUT2D eigenvalue weighted by molar-refractivity contribution is 6.30. The molecule has 1 aliphatic rings. The molecule has 5 heteroatoms. The number of hydrogen-bond acceptors (Lipinski definition) is 4. The van der Waals surface area contributed by atoms with Gasteiger partial charge in [-0.25, -0.2) is 4.99 Å². The van der Waals surface area contributed by atoms with Crippen LogP contribution in [0, 0.1) is 0 Å². The van der Waals surface area contributed by atoms with E-state index in [0.29, 0.717) is 13.2 Å². The van der Waals surface area contributed by atoms with E-state index in [2.05, 4.69) is 22.9 Å². The van der Waals surface area contributed by atoms with Gasteiger partial charge in [0, 0.05) is 23.2 Å². The number of aliphatic imine (C=N–C) groups is 1. The van der Waals surface area contributed by atoms with Crippen LogP contribution in [0.2, 0.25) is 5.02 Å². The first-order valence-corrected chi connectivity index (χ1v) is 8.73. The minimum atomic E-state index is -0.283. The predicted octanol–water partition coefficient (Wildman–Crippen LogP) is 4.59. The second kappa shape index (κ2) is 8.15. The van der Waals surface area contributed by atoms with Crippen LogP contribution < -0.4 is 0 Å². The van der Waals surface area contributed by atoms with Crippen LogP contribution in [0.3, 0.4) is 0 Å². The van der Waals surface area contributed by atoms with Crippen molar-refractivity contribution in [1.29, 1.82) is 0 Å². The molecule has 1 aliphatic heterocycles. The fourth-order valence-electron chi connectivity index (χ4n) is 2.49. The molecule has 0 saturated heterocycles. The first-order chi connectivity index (χ1) is 11.3. The molecule has 0 aromatic heterocycles. The van der Waals surface area contributed by atoms with E-state index in [1.807, 2.05) is 58.3 Å². The molecule has 0 aliphatic carbocycles. The zero-order valence-electron chi connectivity index (χ0n) is 15.1. The van der Waals surface area contributed by atoms with E-state index in [1.165, 1.54) is 0 Å². The minimum absolute atomic E-state index is 0.208. The third-order valence-corrected chi connectivity index (χ3v) is 3.86. The highest BCUT2D eigenvalue weighted by Crippen LogP contribution is 2.23. The molecule has 1 heterocycles. The Labute approximate surface area is 150 Å². The molecule has 132 valence electrons. The van der Waals surface area contributed by atoms with Gasteiger partial charge in [0.2, 0.25) is 0 Å². The fraction of sp³-hybridized carbons (Fsp3) is 0.526. The average molecular weight is 351 g/mol. The van der Waals surface area contributed by atoms with Gasteiger partial charge in [-0.2, -0.15) is 0 Å². The molecule has 2 unspecified atom stereocenters. The van der Waals surface area contributed by atoms with Gasteiger partial charge in [-0.05, 0) is 52.8 Å². The lowest BCUT2D eigenvalue weighted by Gasteiger charge is -2.34. The number of halogens is 1. The van der Waals surface area contributed by atoms with E-state index in [9.17, 15) is 0 Å². The van der Waals surface area contributed by atoms with Crippen molar-refractivity contribution in [3.63, 3.8) is 0 Å². The highest BCUT2D eigenvalue weighted by atomic mass is 35.5. The summed E-state index contributed by atoms with van der Waals surface area (Å²) in [5.41, 5.74) is 1.77. The molecule has 2 atom stereocenters. The quantitative estimate of drug-likeness (QED) is 0.703. The van der Waals surface area contributed by atoms with Gasteiger partial charge in [0.25, 0.3) is 0 Å². The minimum Gasteiger partial charge on any atom is -0.351 e. The highest BCUT2D eigenvalue weighted by Gasteiger charge is 2.24. The van der Waals surface area contributed by atoms with Crippen molar-refractivity contribution in [2.24, 2.45) is 4.99 Å². The molecular formula is C19H27ClN2O2. The Balaban J connectivity index is 2.04. The van der Waals surface area contributed by atoms with Gasteiger partial charge >= 0.3 is 0 Å². The Kier molecular flexibility index (Phi) is 6.44. The third kappa shape index (κ3) is 5.62. The van der Waals surface area contributed by atoms with Crippen molar-refractivity contribution < 1.29 is 9.47 Å². The van der Waals surface area contributed by atoms with Gasteiger partial charge in [-0.15, -0.1) is 0 Å². The van der Waals surface area contributed by atoms with Crippen LogP contribution in [-0.4, -0.2) is 42.3 Å². The van der Waals surface area contributed by atoms with E-state index in [1.54, 1.807) is 0 Å². The molecule has 0 spiro atoms. The average Bonchev–Trinajstić information content (AvgIpc) is 2.49. The van der Waals surface area contributed by atoms with Gasteiger partial charge in [-0.1, -0.05) is 23.7 Å². The Bertz CT molecular complexity index is 590. The lowest BCUT2D eigenvalue weighted by molar-refractivity contribution is -0.197. The lowest BCUT2D eigenvalue weighted by Crippen LogP contribution is -2.43. The number of hydrogen-bond donors (Lipinski definition) is 0. The van der Waals surface area contributed by atoms with Crippen molar-refractivity contribution in [3.05, 3.63) is 40.9 Å². The molecule has 1 aromatic rings. The standard InChI is InChI=1S/C19H27ClN2O2/c1-6-23-18(24-19(3,4)5)12-22-13-21-17(11-14(22)2)15-7-9-16(20)10-8-15/h7-11,13-14,18H,6,12H2,1-5H3. The Morgan fingerprint density at radius 2 is 1.92 bits per heavy atom. The van der Waals surface area contributed by atoms with Crippen LogP contribution in [0.5, 0.6) is 0 Å². The summed E-state index contributed by atoms with van der Waals surface area (Å²) in [6.45, 7) is 11.5. The van der Waals surface area contributed by atoms with Crippen LogP contribution >= 0.6 is 11.6 Å². The first kappa shape index (κ1) is 19.0. The van der Waals surface area contributed by atoms with Gasteiger partial charge in [0.15, 0.2) is 6.29 Å². The molecule has 0 amide bonds. The topological polar surface area (TPSA) is 34.1 Å². The monoisotopic (exact) mass is 350 g/mol. The fourth-order valence-corrected chi connectivity index (χ4v) is 2.62. The van der Waals surface area contributed by atoms with Gasteiger partial charge in [0.05, 0.1) is 24.2 Å². The van der Waals surface area contributed by atoms with Crippen molar-refractivity contribution in [2.75, 3.05) is 13.2 Å². The molecule has 0 radical (unpaired) electrons. The van der Waals surface area contributed by atoms with E-state index >= 15 is 0 Å². The summed E-state index contributed by atoms with van der Waals surface area (Å²) >= 11 is 5.95. The summed E-state index contributed by atoms with van der Waals surface area (Å²) in [5, 5.41) is 0.729. The summed E-state index contributed by atoms with van der Waals surface area (Å²) < 4.78 is 11.7. The van der Waals surface area contributed by atoms with Crippen molar-refractivity contribution in [3.8, 4) is 0 Å². The van der Waals surface area contributed by atoms with Crippen LogP contribution in [0.1, 0.15) is 40.2 Å².